The minimum absolute atomic E-state index is 0.169. The Morgan fingerprint density at radius 3 is 2.56 bits per heavy atom. The van der Waals surface area contributed by atoms with E-state index in [0.717, 1.165) is 11.4 Å². The molecular weight excluding hydrogens is 338 g/mol. The molecule has 0 aliphatic rings. The number of hydrogen-bond acceptors (Lipinski definition) is 4. The van der Waals surface area contributed by atoms with Crippen LogP contribution >= 0.6 is 0 Å². The summed E-state index contributed by atoms with van der Waals surface area (Å²) in [5.41, 5.74) is 3.56. The Bertz CT molecular complexity index is 1170. The first-order valence-corrected chi connectivity index (χ1v) is 8.37. The number of ketones is 1. The van der Waals surface area contributed by atoms with Gasteiger partial charge in [0.25, 0.3) is 0 Å². The van der Waals surface area contributed by atoms with Crippen molar-refractivity contribution in [2.45, 2.75) is 0 Å². The lowest BCUT2D eigenvalue weighted by Gasteiger charge is -2.09. The summed E-state index contributed by atoms with van der Waals surface area (Å²) in [5, 5.41) is 9.52. The molecule has 0 atom stereocenters. The van der Waals surface area contributed by atoms with E-state index in [1.54, 1.807) is 48.0 Å². The maximum Gasteiger partial charge on any atom is 0.209 e. The summed E-state index contributed by atoms with van der Waals surface area (Å²) in [7, 11) is 1.58. The molecule has 0 spiro atoms. The Labute approximate surface area is 156 Å². The number of aromatic nitrogens is 2. The van der Waals surface area contributed by atoms with Gasteiger partial charge >= 0.3 is 0 Å². The van der Waals surface area contributed by atoms with Crippen molar-refractivity contribution in [1.82, 2.24) is 9.38 Å². The van der Waals surface area contributed by atoms with Crippen LogP contribution in [-0.2, 0) is 0 Å². The third-order valence-electron chi connectivity index (χ3n) is 4.42. The third-order valence-corrected chi connectivity index (χ3v) is 4.42. The fourth-order valence-electron chi connectivity index (χ4n) is 3.12. The normalized spacial score (nSPS) is 10.5. The molecule has 5 heteroatoms. The van der Waals surface area contributed by atoms with Crippen LogP contribution in [0.1, 0.15) is 21.6 Å². The van der Waals surface area contributed by atoms with Crippen LogP contribution in [0.25, 0.3) is 16.9 Å². The third kappa shape index (κ3) is 2.83. The highest BCUT2D eigenvalue weighted by molar-refractivity contribution is 6.09. The minimum atomic E-state index is -0.169. The Hall–Kier alpha value is -3.91. The van der Waals surface area contributed by atoms with Crippen molar-refractivity contribution in [2.24, 2.45) is 0 Å². The summed E-state index contributed by atoms with van der Waals surface area (Å²) in [5.74, 6) is 0.510. The van der Waals surface area contributed by atoms with E-state index < -0.39 is 0 Å². The number of carbonyl (C=O) groups is 1. The van der Waals surface area contributed by atoms with Crippen LogP contribution in [0.15, 0.2) is 72.9 Å². The Kier molecular flexibility index (Phi) is 4.15. The second-order valence-electron chi connectivity index (χ2n) is 5.96. The highest BCUT2D eigenvalue weighted by Crippen LogP contribution is 2.26. The molecule has 3 aromatic heterocycles. The molecular formula is C22H15N3O2. The molecule has 130 valence electrons. The number of fused-ring (bicyclic) bond motifs is 1. The quantitative estimate of drug-likeness (QED) is 0.518. The number of benzene rings is 1. The molecule has 27 heavy (non-hydrogen) atoms. The van der Waals surface area contributed by atoms with Crippen molar-refractivity contribution in [1.29, 1.82) is 5.26 Å². The summed E-state index contributed by atoms with van der Waals surface area (Å²) in [6.07, 6.45) is 1.70. The molecule has 0 fully saturated rings. The summed E-state index contributed by atoms with van der Waals surface area (Å²) >= 11 is 0. The van der Waals surface area contributed by atoms with Crippen molar-refractivity contribution in [3.63, 3.8) is 0 Å². The molecule has 0 bridgehead atoms. The van der Waals surface area contributed by atoms with Crippen LogP contribution in [0.3, 0.4) is 0 Å². The van der Waals surface area contributed by atoms with Crippen LogP contribution in [-0.4, -0.2) is 22.3 Å². The smallest absolute Gasteiger partial charge is 0.209 e. The van der Waals surface area contributed by atoms with Crippen LogP contribution in [0, 0.1) is 11.3 Å². The number of nitriles is 1. The van der Waals surface area contributed by atoms with Crippen molar-refractivity contribution in [3.8, 4) is 23.2 Å². The number of ether oxygens (including phenoxy) is 1. The molecule has 1 aromatic carbocycles. The Morgan fingerprint density at radius 2 is 1.89 bits per heavy atom. The average Bonchev–Trinajstić information content (AvgIpc) is 3.13. The molecule has 0 aliphatic heterocycles. The van der Waals surface area contributed by atoms with Gasteiger partial charge in [0, 0.05) is 11.8 Å². The van der Waals surface area contributed by atoms with Crippen LogP contribution in [0.2, 0.25) is 0 Å². The zero-order valence-corrected chi connectivity index (χ0v) is 14.6. The minimum Gasteiger partial charge on any atom is -0.497 e. The predicted molar refractivity (Wildman–Crippen MR) is 102 cm³/mol. The zero-order valence-electron chi connectivity index (χ0n) is 14.6. The standard InChI is InChI=1S/C22H15N3O2/c1-27-17-10-8-15(9-11-17)22(26)21-13-16(14-23)19-6-4-7-20(25(19)21)18-5-2-3-12-24-18/h2-13H,1H3. The first-order valence-electron chi connectivity index (χ1n) is 8.37. The molecule has 0 amide bonds. The maximum atomic E-state index is 13.2. The number of hydrogen-bond donors (Lipinski definition) is 0. The average molecular weight is 353 g/mol. The molecule has 5 nitrogen and oxygen atoms in total. The Morgan fingerprint density at radius 1 is 1.07 bits per heavy atom. The molecule has 0 saturated carbocycles. The van der Waals surface area contributed by atoms with Crippen LogP contribution in [0.4, 0.5) is 0 Å². The summed E-state index contributed by atoms with van der Waals surface area (Å²) in [4.78, 5) is 17.6. The molecule has 0 unspecified atom stereocenters. The van der Waals surface area contributed by atoms with Gasteiger partial charge < -0.3 is 9.14 Å². The largest absolute Gasteiger partial charge is 0.497 e. The van der Waals surface area contributed by atoms with Gasteiger partial charge in [-0.15, -0.1) is 0 Å². The molecule has 3 heterocycles. The predicted octanol–water partition coefficient (Wildman–Crippen LogP) is 4.11. The number of pyridine rings is 2. The van der Waals surface area contributed by atoms with Gasteiger partial charge in [-0.25, -0.2) is 0 Å². The lowest BCUT2D eigenvalue weighted by atomic mass is 10.1. The van der Waals surface area contributed by atoms with E-state index >= 15 is 0 Å². The van der Waals surface area contributed by atoms with E-state index in [4.69, 9.17) is 4.74 Å². The van der Waals surface area contributed by atoms with E-state index in [1.807, 2.05) is 36.4 Å². The van der Waals surface area contributed by atoms with Gasteiger partial charge in [0.1, 0.15) is 11.8 Å². The Balaban J connectivity index is 1.94. The molecule has 4 rings (SSSR count). The van der Waals surface area contributed by atoms with E-state index in [0.29, 0.717) is 28.1 Å². The zero-order chi connectivity index (χ0) is 18.8. The first kappa shape index (κ1) is 16.6. The lowest BCUT2D eigenvalue weighted by Crippen LogP contribution is -2.07. The number of carbonyl (C=O) groups excluding carboxylic acids is 1. The molecule has 0 radical (unpaired) electrons. The van der Waals surface area contributed by atoms with Gasteiger partial charge in [-0.3, -0.25) is 9.78 Å². The van der Waals surface area contributed by atoms with E-state index in [9.17, 15) is 10.1 Å². The van der Waals surface area contributed by atoms with E-state index in [1.165, 1.54) is 0 Å². The second-order valence-corrected chi connectivity index (χ2v) is 5.96. The lowest BCUT2D eigenvalue weighted by molar-refractivity contribution is 0.103. The molecule has 0 N–H and O–H groups in total. The van der Waals surface area contributed by atoms with Gasteiger partial charge in [0.2, 0.25) is 5.78 Å². The van der Waals surface area contributed by atoms with Crippen molar-refractivity contribution in [2.75, 3.05) is 7.11 Å². The summed E-state index contributed by atoms with van der Waals surface area (Å²) in [6.45, 7) is 0. The summed E-state index contributed by atoms with van der Waals surface area (Å²) in [6, 6.07) is 21.9. The second kappa shape index (κ2) is 6.77. The van der Waals surface area contributed by atoms with Gasteiger partial charge in [-0.05, 0) is 54.6 Å². The topological polar surface area (TPSA) is 67.4 Å². The van der Waals surface area contributed by atoms with E-state index in [-0.39, 0.29) is 5.78 Å². The molecule has 0 aliphatic carbocycles. The number of nitrogens with zero attached hydrogens (tertiary/aromatic N) is 3. The van der Waals surface area contributed by atoms with Gasteiger partial charge in [0.05, 0.1) is 35.3 Å². The highest BCUT2D eigenvalue weighted by atomic mass is 16.5. The van der Waals surface area contributed by atoms with Crippen molar-refractivity contribution < 1.29 is 9.53 Å². The van der Waals surface area contributed by atoms with Gasteiger partial charge in [-0.2, -0.15) is 5.26 Å². The number of rotatable bonds is 4. The highest BCUT2D eigenvalue weighted by Gasteiger charge is 2.20. The van der Waals surface area contributed by atoms with Crippen LogP contribution in [0.5, 0.6) is 5.75 Å². The van der Waals surface area contributed by atoms with Crippen molar-refractivity contribution >= 4 is 11.3 Å². The molecule has 4 aromatic rings. The fraction of sp³-hybridized carbons (Fsp3) is 0.0455. The van der Waals surface area contributed by atoms with E-state index in [2.05, 4.69) is 11.1 Å². The molecule has 0 saturated heterocycles. The summed E-state index contributed by atoms with van der Waals surface area (Å²) < 4.78 is 6.95. The maximum absolute atomic E-state index is 13.2. The van der Waals surface area contributed by atoms with Crippen LogP contribution < -0.4 is 4.74 Å². The van der Waals surface area contributed by atoms with Gasteiger partial charge in [-0.1, -0.05) is 12.1 Å². The van der Waals surface area contributed by atoms with Crippen molar-refractivity contribution in [3.05, 3.63) is 89.7 Å². The SMILES string of the molecule is COc1ccc(C(=O)c2cc(C#N)c3cccc(-c4ccccn4)n23)cc1. The fourth-order valence-corrected chi connectivity index (χ4v) is 3.12. The monoisotopic (exact) mass is 353 g/mol. The number of methoxy groups -OCH3 is 1. The first-order chi connectivity index (χ1) is 13.2. The van der Waals surface area contributed by atoms with Gasteiger partial charge in [0.15, 0.2) is 0 Å².